The monoisotopic (exact) mass is 283 g/mol. The highest BCUT2D eigenvalue weighted by molar-refractivity contribution is 5.84. The molecule has 0 atom stereocenters. The van der Waals surface area contributed by atoms with E-state index in [1.54, 1.807) is 12.3 Å². The first-order valence-corrected chi connectivity index (χ1v) is 6.85. The maximum absolute atomic E-state index is 12.2. The van der Waals surface area contributed by atoms with E-state index in [4.69, 9.17) is 0 Å². The molecule has 1 fully saturated rings. The lowest BCUT2D eigenvalue weighted by atomic mass is 10.1. The molecule has 1 N–H and O–H groups in total. The second-order valence-corrected chi connectivity index (χ2v) is 5.28. The predicted molar refractivity (Wildman–Crippen MR) is 76.2 cm³/mol. The first-order chi connectivity index (χ1) is 10.2. The van der Waals surface area contributed by atoms with Gasteiger partial charge in [-0.3, -0.25) is 4.79 Å². The SMILES string of the molecule is O=c1[nH]cc(Cn2nnn(C3CC3)c2=O)c2ccccc12. The average molecular weight is 283 g/mol. The molecule has 2 heterocycles. The summed E-state index contributed by atoms with van der Waals surface area (Å²) >= 11 is 0. The van der Waals surface area contributed by atoms with Crippen LogP contribution in [0.3, 0.4) is 0 Å². The maximum Gasteiger partial charge on any atom is 0.364 e. The van der Waals surface area contributed by atoms with Gasteiger partial charge in [0.15, 0.2) is 0 Å². The van der Waals surface area contributed by atoms with Gasteiger partial charge in [-0.05, 0) is 40.3 Å². The van der Waals surface area contributed by atoms with E-state index in [0.29, 0.717) is 11.9 Å². The number of benzene rings is 1. The summed E-state index contributed by atoms with van der Waals surface area (Å²) in [6, 6.07) is 7.53. The molecule has 0 radical (unpaired) electrons. The minimum atomic E-state index is -0.201. The highest BCUT2D eigenvalue weighted by atomic mass is 16.2. The van der Waals surface area contributed by atoms with Crippen LogP contribution in [0.4, 0.5) is 0 Å². The van der Waals surface area contributed by atoms with Crippen LogP contribution >= 0.6 is 0 Å². The van der Waals surface area contributed by atoms with Crippen molar-refractivity contribution in [3.63, 3.8) is 0 Å². The largest absolute Gasteiger partial charge is 0.364 e. The molecule has 0 aliphatic heterocycles. The first kappa shape index (κ1) is 12.1. The first-order valence-electron chi connectivity index (χ1n) is 6.85. The standard InChI is InChI=1S/C14H13N5O2/c20-13-12-4-2-1-3-11(12)9(7-15-13)8-18-14(21)19(17-16-18)10-5-6-10/h1-4,7,10H,5-6,8H2,(H,15,20). The van der Waals surface area contributed by atoms with Gasteiger partial charge < -0.3 is 4.98 Å². The summed E-state index contributed by atoms with van der Waals surface area (Å²) in [4.78, 5) is 26.7. The van der Waals surface area contributed by atoms with Gasteiger partial charge in [0.05, 0.1) is 12.6 Å². The van der Waals surface area contributed by atoms with Crippen molar-refractivity contribution in [3.05, 3.63) is 56.9 Å². The van der Waals surface area contributed by atoms with E-state index < -0.39 is 0 Å². The van der Waals surface area contributed by atoms with Crippen LogP contribution in [0.5, 0.6) is 0 Å². The predicted octanol–water partition coefficient (Wildman–Crippen LogP) is 0.664. The summed E-state index contributed by atoms with van der Waals surface area (Å²) in [7, 11) is 0. The fraction of sp³-hybridized carbons (Fsp3) is 0.286. The summed E-state index contributed by atoms with van der Waals surface area (Å²) in [5.74, 6) is 0. The molecular formula is C14H13N5O2. The average Bonchev–Trinajstić information content (AvgIpc) is 3.28. The van der Waals surface area contributed by atoms with Crippen molar-refractivity contribution in [3.8, 4) is 0 Å². The number of tetrazole rings is 1. The van der Waals surface area contributed by atoms with Gasteiger partial charge in [-0.1, -0.05) is 18.2 Å². The van der Waals surface area contributed by atoms with Crippen molar-refractivity contribution in [2.45, 2.75) is 25.4 Å². The number of aromatic nitrogens is 5. The fourth-order valence-electron chi connectivity index (χ4n) is 2.50. The quantitative estimate of drug-likeness (QED) is 0.765. The van der Waals surface area contributed by atoms with E-state index in [1.165, 1.54) is 9.36 Å². The summed E-state index contributed by atoms with van der Waals surface area (Å²) in [5, 5.41) is 9.28. The molecule has 0 saturated heterocycles. The molecule has 1 aliphatic rings. The van der Waals surface area contributed by atoms with E-state index in [1.807, 2.05) is 18.2 Å². The maximum atomic E-state index is 12.2. The van der Waals surface area contributed by atoms with Gasteiger partial charge in [0.2, 0.25) is 0 Å². The minimum absolute atomic E-state index is 0.136. The number of fused-ring (bicyclic) bond motifs is 1. The molecule has 3 aromatic rings. The molecule has 2 aromatic heterocycles. The normalized spacial score (nSPS) is 14.7. The summed E-state index contributed by atoms with van der Waals surface area (Å²) in [6.07, 6.45) is 3.60. The third kappa shape index (κ3) is 1.97. The number of nitrogens with zero attached hydrogens (tertiary/aromatic N) is 4. The van der Waals surface area contributed by atoms with Crippen molar-refractivity contribution in [2.24, 2.45) is 0 Å². The van der Waals surface area contributed by atoms with Gasteiger partial charge in [-0.15, -0.1) is 0 Å². The lowest BCUT2D eigenvalue weighted by Gasteiger charge is -2.04. The zero-order valence-electron chi connectivity index (χ0n) is 11.2. The molecule has 1 aliphatic carbocycles. The number of hydrogen-bond donors (Lipinski definition) is 1. The van der Waals surface area contributed by atoms with Crippen LogP contribution in [0.1, 0.15) is 24.4 Å². The summed E-state index contributed by atoms with van der Waals surface area (Å²) in [6.45, 7) is 0.294. The Labute approximate surface area is 118 Å². The highest BCUT2D eigenvalue weighted by Gasteiger charge is 2.27. The van der Waals surface area contributed by atoms with Crippen LogP contribution in [0, 0.1) is 0 Å². The number of pyridine rings is 1. The number of nitrogens with one attached hydrogen (secondary N) is 1. The van der Waals surface area contributed by atoms with E-state index >= 15 is 0 Å². The third-order valence-electron chi connectivity index (χ3n) is 3.77. The van der Waals surface area contributed by atoms with E-state index in [9.17, 15) is 9.59 Å². The van der Waals surface area contributed by atoms with Crippen LogP contribution in [0.25, 0.3) is 10.8 Å². The molecule has 0 amide bonds. The molecule has 7 nitrogen and oxygen atoms in total. The Morgan fingerprint density at radius 3 is 2.67 bits per heavy atom. The zero-order valence-corrected chi connectivity index (χ0v) is 11.2. The minimum Gasteiger partial charge on any atom is -0.328 e. The number of H-pyrrole nitrogens is 1. The summed E-state index contributed by atoms with van der Waals surface area (Å²) in [5.41, 5.74) is 0.506. The Morgan fingerprint density at radius 2 is 1.90 bits per heavy atom. The van der Waals surface area contributed by atoms with Gasteiger partial charge in [-0.25, -0.2) is 4.79 Å². The molecule has 0 unspecified atom stereocenters. The van der Waals surface area contributed by atoms with Gasteiger partial charge in [0.25, 0.3) is 5.56 Å². The number of hydrogen-bond acceptors (Lipinski definition) is 4. The zero-order chi connectivity index (χ0) is 14.4. The van der Waals surface area contributed by atoms with Crippen molar-refractivity contribution < 1.29 is 0 Å². The van der Waals surface area contributed by atoms with Gasteiger partial charge in [0.1, 0.15) is 0 Å². The number of rotatable bonds is 3. The van der Waals surface area contributed by atoms with Gasteiger partial charge >= 0.3 is 5.69 Å². The van der Waals surface area contributed by atoms with Crippen LogP contribution in [0.15, 0.2) is 40.1 Å². The lowest BCUT2D eigenvalue weighted by molar-refractivity contribution is 0.593. The molecule has 1 aromatic carbocycles. The van der Waals surface area contributed by atoms with Crippen LogP contribution in [-0.4, -0.2) is 24.8 Å². The highest BCUT2D eigenvalue weighted by Crippen LogP contribution is 2.32. The Kier molecular flexibility index (Phi) is 2.53. The topological polar surface area (TPSA) is 85.6 Å². The van der Waals surface area contributed by atoms with E-state index in [0.717, 1.165) is 23.8 Å². The Morgan fingerprint density at radius 1 is 1.14 bits per heavy atom. The second kappa shape index (κ2) is 4.41. The fourth-order valence-corrected chi connectivity index (χ4v) is 2.50. The van der Waals surface area contributed by atoms with E-state index in [2.05, 4.69) is 15.4 Å². The second-order valence-electron chi connectivity index (χ2n) is 5.28. The Balaban J connectivity index is 1.80. The molecule has 21 heavy (non-hydrogen) atoms. The molecule has 0 spiro atoms. The summed E-state index contributed by atoms with van der Waals surface area (Å²) < 4.78 is 2.77. The number of aromatic amines is 1. The van der Waals surface area contributed by atoms with Crippen molar-refractivity contribution in [1.29, 1.82) is 0 Å². The van der Waals surface area contributed by atoms with Gasteiger partial charge in [0, 0.05) is 11.6 Å². The molecule has 0 bridgehead atoms. The van der Waals surface area contributed by atoms with Crippen LogP contribution < -0.4 is 11.2 Å². The van der Waals surface area contributed by atoms with Crippen molar-refractivity contribution >= 4 is 10.8 Å². The van der Waals surface area contributed by atoms with Crippen molar-refractivity contribution in [2.75, 3.05) is 0 Å². The molecule has 1 saturated carbocycles. The molecule has 106 valence electrons. The third-order valence-corrected chi connectivity index (χ3v) is 3.77. The lowest BCUT2D eigenvalue weighted by Crippen LogP contribution is -2.25. The van der Waals surface area contributed by atoms with E-state index in [-0.39, 0.29) is 17.3 Å². The van der Waals surface area contributed by atoms with Crippen molar-refractivity contribution in [1.82, 2.24) is 24.8 Å². The van der Waals surface area contributed by atoms with Gasteiger partial charge in [-0.2, -0.15) is 9.36 Å². The molecular weight excluding hydrogens is 270 g/mol. The Bertz CT molecular complexity index is 932. The van der Waals surface area contributed by atoms with Crippen LogP contribution in [0.2, 0.25) is 0 Å². The molecule has 4 rings (SSSR count). The molecule has 7 heteroatoms. The van der Waals surface area contributed by atoms with Crippen LogP contribution in [-0.2, 0) is 6.54 Å². The smallest absolute Gasteiger partial charge is 0.328 e. The Hall–Kier alpha value is -2.70.